The highest BCUT2D eigenvalue weighted by Gasteiger charge is 2.08. The maximum Gasteiger partial charge on any atom is 0.321 e. The highest BCUT2D eigenvalue weighted by Crippen LogP contribution is 1.94. The monoisotopic (exact) mass is 198 g/mol. The van der Waals surface area contributed by atoms with Crippen molar-refractivity contribution >= 4 is 6.03 Å². The molecule has 14 heavy (non-hydrogen) atoms. The van der Waals surface area contributed by atoms with Gasteiger partial charge in [-0.15, -0.1) is 0 Å². The van der Waals surface area contributed by atoms with E-state index in [1.807, 2.05) is 17.9 Å². The fourth-order valence-corrected chi connectivity index (χ4v) is 1.19. The first-order valence-electron chi connectivity index (χ1n) is 5.46. The molecule has 0 aromatic heterocycles. The van der Waals surface area contributed by atoms with Crippen LogP contribution in [0.1, 0.15) is 40.0 Å². The van der Waals surface area contributed by atoms with Crippen LogP contribution in [0.15, 0.2) is 12.3 Å². The minimum Gasteiger partial charge on any atom is -0.325 e. The third-order valence-corrected chi connectivity index (χ3v) is 1.83. The van der Waals surface area contributed by atoms with E-state index in [1.54, 1.807) is 6.20 Å². The highest BCUT2D eigenvalue weighted by atomic mass is 16.2. The molecule has 3 nitrogen and oxygen atoms in total. The van der Waals surface area contributed by atoms with E-state index in [2.05, 4.69) is 19.2 Å². The Morgan fingerprint density at radius 1 is 1.21 bits per heavy atom. The molecule has 0 rings (SSSR count). The first kappa shape index (κ1) is 13.0. The maximum absolute atomic E-state index is 11.6. The summed E-state index contributed by atoms with van der Waals surface area (Å²) >= 11 is 0. The Hall–Kier alpha value is -0.990. The second-order valence-electron chi connectivity index (χ2n) is 3.25. The third-order valence-electron chi connectivity index (χ3n) is 1.83. The van der Waals surface area contributed by atoms with Gasteiger partial charge in [0.1, 0.15) is 0 Å². The minimum absolute atomic E-state index is 0.0124. The molecule has 0 aliphatic carbocycles. The second kappa shape index (κ2) is 8.60. The fraction of sp³-hybridized carbons (Fsp3) is 0.727. The van der Waals surface area contributed by atoms with Crippen molar-refractivity contribution < 1.29 is 4.79 Å². The van der Waals surface area contributed by atoms with Crippen LogP contribution in [0.25, 0.3) is 0 Å². The van der Waals surface area contributed by atoms with Crippen molar-refractivity contribution in [1.82, 2.24) is 10.2 Å². The van der Waals surface area contributed by atoms with E-state index in [0.717, 1.165) is 32.4 Å². The van der Waals surface area contributed by atoms with Crippen LogP contribution in [0.2, 0.25) is 0 Å². The van der Waals surface area contributed by atoms with Crippen molar-refractivity contribution in [2.75, 3.05) is 13.1 Å². The highest BCUT2D eigenvalue weighted by molar-refractivity contribution is 5.75. The van der Waals surface area contributed by atoms with Gasteiger partial charge in [-0.1, -0.05) is 26.8 Å². The molecule has 0 bridgehead atoms. The molecule has 0 radical (unpaired) electrons. The average molecular weight is 198 g/mol. The summed E-state index contributed by atoms with van der Waals surface area (Å²) in [7, 11) is 0. The molecule has 0 saturated carbocycles. The zero-order valence-electron chi connectivity index (χ0n) is 9.55. The van der Waals surface area contributed by atoms with Gasteiger partial charge in [-0.3, -0.25) is 0 Å². The van der Waals surface area contributed by atoms with Crippen LogP contribution in [0.3, 0.4) is 0 Å². The molecule has 1 N–H and O–H groups in total. The van der Waals surface area contributed by atoms with Crippen LogP contribution in [-0.4, -0.2) is 24.0 Å². The molecular formula is C11H22N2O. The van der Waals surface area contributed by atoms with Gasteiger partial charge in [-0.25, -0.2) is 4.79 Å². The Labute approximate surface area is 87.2 Å². The number of nitrogens with one attached hydrogen (secondary N) is 1. The van der Waals surface area contributed by atoms with Crippen LogP contribution in [0.4, 0.5) is 4.79 Å². The molecule has 0 atom stereocenters. The van der Waals surface area contributed by atoms with E-state index in [-0.39, 0.29) is 6.03 Å². The predicted octanol–water partition coefficient (Wildman–Crippen LogP) is 2.74. The number of rotatable bonds is 6. The van der Waals surface area contributed by atoms with Crippen LogP contribution in [0.5, 0.6) is 0 Å². The number of carbonyl (C=O) groups is 1. The summed E-state index contributed by atoms with van der Waals surface area (Å²) in [6.45, 7) is 7.87. The van der Waals surface area contributed by atoms with Crippen LogP contribution < -0.4 is 5.32 Å². The van der Waals surface area contributed by atoms with Gasteiger partial charge in [-0.2, -0.15) is 0 Å². The van der Waals surface area contributed by atoms with Gasteiger partial charge in [0.2, 0.25) is 0 Å². The molecule has 0 heterocycles. The molecular weight excluding hydrogens is 176 g/mol. The van der Waals surface area contributed by atoms with E-state index in [4.69, 9.17) is 0 Å². The average Bonchev–Trinajstić information content (AvgIpc) is 2.18. The third kappa shape index (κ3) is 5.62. The van der Waals surface area contributed by atoms with Gasteiger partial charge in [0.15, 0.2) is 0 Å². The molecule has 0 aliphatic rings. The Morgan fingerprint density at radius 3 is 2.21 bits per heavy atom. The molecule has 0 saturated heterocycles. The lowest BCUT2D eigenvalue weighted by molar-refractivity contribution is 0.201. The Kier molecular flexibility index (Phi) is 7.99. The van der Waals surface area contributed by atoms with Gasteiger partial charge in [-0.05, 0) is 19.3 Å². The summed E-state index contributed by atoms with van der Waals surface area (Å²) in [4.78, 5) is 13.4. The lowest BCUT2D eigenvalue weighted by Crippen LogP contribution is -2.38. The van der Waals surface area contributed by atoms with Gasteiger partial charge >= 0.3 is 6.03 Å². The predicted molar refractivity (Wildman–Crippen MR) is 60.1 cm³/mol. The van der Waals surface area contributed by atoms with Crippen molar-refractivity contribution in [2.24, 2.45) is 0 Å². The number of amides is 2. The van der Waals surface area contributed by atoms with Crippen molar-refractivity contribution in [3.05, 3.63) is 12.3 Å². The topological polar surface area (TPSA) is 32.3 Å². The summed E-state index contributed by atoms with van der Waals surface area (Å²) in [6, 6.07) is 0.0124. The summed E-state index contributed by atoms with van der Waals surface area (Å²) in [5, 5.41) is 2.76. The summed E-state index contributed by atoms with van der Waals surface area (Å²) < 4.78 is 0. The van der Waals surface area contributed by atoms with E-state index in [0.29, 0.717) is 0 Å². The van der Waals surface area contributed by atoms with E-state index in [9.17, 15) is 4.79 Å². The zero-order chi connectivity index (χ0) is 10.8. The van der Waals surface area contributed by atoms with Crippen molar-refractivity contribution in [1.29, 1.82) is 0 Å². The minimum atomic E-state index is 0.0124. The van der Waals surface area contributed by atoms with Crippen molar-refractivity contribution in [2.45, 2.75) is 40.0 Å². The number of carbonyl (C=O) groups excluding carboxylic acids is 1. The van der Waals surface area contributed by atoms with Crippen LogP contribution in [-0.2, 0) is 0 Å². The van der Waals surface area contributed by atoms with Crippen LogP contribution in [0, 0.1) is 0 Å². The Morgan fingerprint density at radius 2 is 1.79 bits per heavy atom. The first-order chi connectivity index (χ1) is 6.76. The Bertz CT molecular complexity index is 172. The van der Waals surface area contributed by atoms with Gasteiger partial charge in [0.25, 0.3) is 0 Å². The molecule has 0 spiro atoms. The molecule has 0 fully saturated rings. The van der Waals surface area contributed by atoms with Gasteiger partial charge in [0, 0.05) is 19.3 Å². The van der Waals surface area contributed by atoms with Gasteiger partial charge in [0.05, 0.1) is 0 Å². The molecule has 2 amide bonds. The molecule has 0 unspecified atom stereocenters. The Balaban J connectivity index is 3.94. The summed E-state index contributed by atoms with van der Waals surface area (Å²) in [5.74, 6) is 0. The number of allylic oxidation sites excluding steroid dienone is 1. The fourth-order valence-electron chi connectivity index (χ4n) is 1.19. The number of urea groups is 1. The maximum atomic E-state index is 11.6. The standard InChI is InChI=1S/C11H22N2O/c1-4-7-8-12-11(14)13(9-5-2)10-6-3/h7-8H,4-6,9-10H2,1-3H3,(H,12,14)/b8-7+. The zero-order valence-corrected chi connectivity index (χ0v) is 9.55. The molecule has 3 heteroatoms. The lowest BCUT2D eigenvalue weighted by Gasteiger charge is -2.20. The molecule has 0 aromatic rings. The summed E-state index contributed by atoms with van der Waals surface area (Å²) in [5.41, 5.74) is 0. The second-order valence-corrected chi connectivity index (χ2v) is 3.25. The van der Waals surface area contributed by atoms with E-state index < -0.39 is 0 Å². The quantitative estimate of drug-likeness (QED) is 0.699. The van der Waals surface area contributed by atoms with Crippen molar-refractivity contribution in [3.63, 3.8) is 0 Å². The first-order valence-corrected chi connectivity index (χ1v) is 5.46. The van der Waals surface area contributed by atoms with E-state index >= 15 is 0 Å². The summed E-state index contributed by atoms with van der Waals surface area (Å²) in [6.07, 6.45) is 6.62. The molecule has 82 valence electrons. The van der Waals surface area contributed by atoms with Gasteiger partial charge < -0.3 is 10.2 Å². The molecule has 0 aromatic carbocycles. The number of hydrogen-bond acceptors (Lipinski definition) is 1. The molecule has 0 aliphatic heterocycles. The number of hydrogen-bond donors (Lipinski definition) is 1. The smallest absolute Gasteiger partial charge is 0.321 e. The van der Waals surface area contributed by atoms with E-state index in [1.165, 1.54) is 0 Å². The number of nitrogens with zero attached hydrogens (tertiary/aromatic N) is 1. The lowest BCUT2D eigenvalue weighted by atomic mass is 10.4. The normalized spacial score (nSPS) is 10.5. The largest absolute Gasteiger partial charge is 0.325 e. The SMILES string of the molecule is CC/C=C/NC(=O)N(CCC)CCC. The van der Waals surface area contributed by atoms with Crippen LogP contribution >= 0.6 is 0 Å². The van der Waals surface area contributed by atoms with Crippen molar-refractivity contribution in [3.8, 4) is 0 Å².